The summed E-state index contributed by atoms with van der Waals surface area (Å²) in [5, 5.41) is 20.8. The van der Waals surface area contributed by atoms with Gasteiger partial charge < -0.3 is 24.6 Å². The molecule has 8 heteroatoms. The quantitative estimate of drug-likeness (QED) is 0.406. The molecule has 3 aliphatic heterocycles. The van der Waals surface area contributed by atoms with Crippen molar-refractivity contribution in [2.45, 2.75) is 25.2 Å². The van der Waals surface area contributed by atoms with Gasteiger partial charge in [0.15, 0.2) is 0 Å². The zero-order valence-corrected chi connectivity index (χ0v) is 13.5. The molecule has 0 bridgehead atoms. The van der Waals surface area contributed by atoms with Crippen LogP contribution >= 0.6 is 11.8 Å². The summed E-state index contributed by atoms with van der Waals surface area (Å²) < 4.78 is 5.57. The number of carbonyl (C=O) groups is 2. The number of thioether (sulfide) groups is 1. The van der Waals surface area contributed by atoms with Gasteiger partial charge in [0.2, 0.25) is 5.91 Å². The molecule has 0 aromatic carbocycles. The number of amides is 1. The van der Waals surface area contributed by atoms with Gasteiger partial charge in [-0.25, -0.2) is 0 Å². The summed E-state index contributed by atoms with van der Waals surface area (Å²) >= 11 is 1.39. The Hall–Kier alpha value is -0.0500. The first kappa shape index (κ1) is 15.3. The number of carbonyl (C=O) groups excluding carboxylic acids is 2. The SMILES string of the molecule is C[C@@H](O)[C@H]1C(=O)N2C(C(=O)[O-])=C3SCCO[C@@H]3[C@H]12.[Na+]. The van der Waals surface area contributed by atoms with E-state index in [-0.39, 0.29) is 41.2 Å². The summed E-state index contributed by atoms with van der Waals surface area (Å²) in [6.07, 6.45) is -1.23. The molecular formula is C11H12NNaO5S. The summed E-state index contributed by atoms with van der Waals surface area (Å²) in [5.74, 6) is -1.63. The van der Waals surface area contributed by atoms with Crippen molar-refractivity contribution < 1.29 is 54.1 Å². The van der Waals surface area contributed by atoms with Crippen molar-refractivity contribution in [2.24, 2.45) is 5.92 Å². The largest absolute Gasteiger partial charge is 1.00 e. The second kappa shape index (κ2) is 5.38. The molecule has 19 heavy (non-hydrogen) atoms. The Morgan fingerprint density at radius 1 is 1.63 bits per heavy atom. The number of nitrogens with zero attached hydrogens (tertiary/aromatic N) is 1. The number of β-lactam (4-membered cyclic amide) rings is 1. The molecule has 0 radical (unpaired) electrons. The summed E-state index contributed by atoms with van der Waals surface area (Å²) in [7, 11) is 0. The fourth-order valence-electron chi connectivity index (χ4n) is 2.87. The zero-order valence-electron chi connectivity index (χ0n) is 10.7. The third-order valence-corrected chi connectivity index (χ3v) is 4.69. The minimum absolute atomic E-state index is 0. The van der Waals surface area contributed by atoms with Crippen LogP contribution in [0.3, 0.4) is 0 Å². The molecule has 1 N–H and O–H groups in total. The summed E-state index contributed by atoms with van der Waals surface area (Å²) in [5.41, 5.74) is -0.0726. The average molecular weight is 293 g/mol. The molecule has 3 heterocycles. The molecule has 0 saturated carbocycles. The van der Waals surface area contributed by atoms with Crippen LogP contribution in [0.1, 0.15) is 6.92 Å². The molecule has 0 aliphatic carbocycles. The minimum atomic E-state index is -1.35. The van der Waals surface area contributed by atoms with Gasteiger partial charge in [0.05, 0.1) is 36.3 Å². The maximum atomic E-state index is 11.9. The van der Waals surface area contributed by atoms with Crippen LogP contribution in [0, 0.1) is 5.92 Å². The molecule has 0 spiro atoms. The first-order chi connectivity index (χ1) is 8.54. The Kier molecular flexibility index (Phi) is 4.35. The first-order valence-electron chi connectivity index (χ1n) is 5.75. The van der Waals surface area contributed by atoms with Crippen LogP contribution in [-0.4, -0.2) is 52.5 Å². The number of hydrogen-bond acceptors (Lipinski definition) is 6. The van der Waals surface area contributed by atoms with E-state index in [2.05, 4.69) is 0 Å². The topological polar surface area (TPSA) is 89.9 Å². The number of carboxylic acid groups (broad SMARTS) is 1. The number of rotatable bonds is 2. The van der Waals surface area contributed by atoms with Crippen LogP contribution in [0.25, 0.3) is 0 Å². The Morgan fingerprint density at radius 3 is 2.89 bits per heavy atom. The zero-order chi connectivity index (χ0) is 13.0. The number of aliphatic hydroxyl groups excluding tert-OH is 1. The van der Waals surface area contributed by atoms with E-state index in [0.29, 0.717) is 17.3 Å². The molecule has 0 unspecified atom stereocenters. The van der Waals surface area contributed by atoms with Gasteiger partial charge in [0, 0.05) is 10.7 Å². The standard InChI is InChI=1S/C11H13NO5S.Na/c1-4(13)5-6-8-9(18-3-2-17-8)7(11(15)16)12(6)10(5)14;/h4-6,8,13H,2-3H2,1H3,(H,15,16);/q;+1/p-1/t4-,5-,6+,8-;/m1./s1. The monoisotopic (exact) mass is 293 g/mol. The average Bonchev–Trinajstić information content (AvgIpc) is 2.60. The summed E-state index contributed by atoms with van der Waals surface area (Å²) in [6.45, 7) is 2.05. The van der Waals surface area contributed by atoms with E-state index in [1.54, 1.807) is 0 Å². The number of fused-ring (bicyclic) bond motifs is 3. The fraction of sp³-hybridized carbons (Fsp3) is 0.636. The van der Waals surface area contributed by atoms with Crippen LogP contribution in [0.15, 0.2) is 10.6 Å². The number of hydrogen-bond donors (Lipinski definition) is 1. The molecule has 0 aromatic rings. The van der Waals surface area contributed by atoms with E-state index in [1.165, 1.54) is 23.6 Å². The first-order valence-corrected chi connectivity index (χ1v) is 6.73. The number of carboxylic acids is 1. The summed E-state index contributed by atoms with van der Waals surface area (Å²) in [6, 6.07) is -0.395. The van der Waals surface area contributed by atoms with Crippen molar-refractivity contribution in [3.8, 4) is 0 Å². The van der Waals surface area contributed by atoms with Crippen LogP contribution in [0.2, 0.25) is 0 Å². The van der Waals surface area contributed by atoms with Crippen molar-refractivity contribution in [3.63, 3.8) is 0 Å². The minimum Gasteiger partial charge on any atom is -0.543 e. The molecule has 4 atom stereocenters. The van der Waals surface area contributed by atoms with Crippen molar-refractivity contribution in [1.82, 2.24) is 4.90 Å². The number of aliphatic carboxylic acids is 1. The second-order valence-electron chi connectivity index (χ2n) is 4.61. The van der Waals surface area contributed by atoms with Crippen molar-refractivity contribution in [1.29, 1.82) is 0 Å². The van der Waals surface area contributed by atoms with Gasteiger partial charge in [0.25, 0.3) is 0 Å². The third-order valence-electron chi connectivity index (χ3n) is 3.58. The van der Waals surface area contributed by atoms with E-state index < -0.39 is 30.1 Å². The van der Waals surface area contributed by atoms with Crippen LogP contribution < -0.4 is 34.7 Å². The Bertz CT molecular complexity index is 466. The molecule has 3 aliphatic rings. The van der Waals surface area contributed by atoms with Crippen LogP contribution in [-0.2, 0) is 14.3 Å². The van der Waals surface area contributed by atoms with Crippen molar-refractivity contribution in [3.05, 3.63) is 10.6 Å². The van der Waals surface area contributed by atoms with Gasteiger partial charge in [-0.2, -0.15) is 0 Å². The van der Waals surface area contributed by atoms with E-state index in [9.17, 15) is 19.8 Å². The normalized spacial score (nSPS) is 34.1. The molecule has 0 aromatic heterocycles. The summed E-state index contributed by atoms with van der Waals surface area (Å²) in [4.78, 5) is 24.9. The van der Waals surface area contributed by atoms with Crippen molar-refractivity contribution >= 4 is 23.6 Å². The molecular weight excluding hydrogens is 281 g/mol. The molecule has 3 rings (SSSR count). The Labute approximate surface area is 136 Å². The molecule has 6 nitrogen and oxygen atoms in total. The maximum absolute atomic E-state index is 11.9. The predicted molar refractivity (Wildman–Crippen MR) is 60.0 cm³/mol. The van der Waals surface area contributed by atoms with Crippen molar-refractivity contribution in [2.75, 3.05) is 12.4 Å². The van der Waals surface area contributed by atoms with Gasteiger partial charge in [-0.05, 0) is 6.92 Å². The smallest absolute Gasteiger partial charge is 0.543 e. The van der Waals surface area contributed by atoms with Crippen LogP contribution in [0.5, 0.6) is 0 Å². The van der Waals surface area contributed by atoms with Gasteiger partial charge in [-0.1, -0.05) is 0 Å². The van der Waals surface area contributed by atoms with E-state index in [0.717, 1.165) is 0 Å². The molecule has 2 fully saturated rings. The van der Waals surface area contributed by atoms with E-state index >= 15 is 0 Å². The third kappa shape index (κ3) is 2.07. The Morgan fingerprint density at radius 2 is 2.32 bits per heavy atom. The van der Waals surface area contributed by atoms with E-state index in [1.807, 2.05) is 0 Å². The second-order valence-corrected chi connectivity index (χ2v) is 5.74. The maximum Gasteiger partial charge on any atom is 1.00 e. The van der Waals surface area contributed by atoms with Gasteiger partial charge in [-0.3, -0.25) is 4.79 Å². The molecule has 98 valence electrons. The molecule has 2 saturated heterocycles. The number of ether oxygens (including phenoxy) is 1. The van der Waals surface area contributed by atoms with Gasteiger partial charge >= 0.3 is 29.6 Å². The van der Waals surface area contributed by atoms with Gasteiger partial charge in [0.1, 0.15) is 6.10 Å². The Balaban J connectivity index is 0.00000133. The van der Waals surface area contributed by atoms with Gasteiger partial charge in [-0.15, -0.1) is 11.8 Å². The molecule has 1 amide bonds. The fourth-order valence-corrected chi connectivity index (χ4v) is 3.96. The number of aliphatic hydroxyl groups is 1. The predicted octanol–water partition coefficient (Wildman–Crippen LogP) is -4.69. The van der Waals surface area contributed by atoms with Crippen LogP contribution in [0.4, 0.5) is 0 Å². The van der Waals surface area contributed by atoms with E-state index in [4.69, 9.17) is 4.74 Å².